The molecule has 0 bridgehead atoms. The Labute approximate surface area is 97.4 Å². The minimum atomic E-state index is -0.596. The number of benzene rings is 1. The molecule has 16 heavy (non-hydrogen) atoms. The molecular formula is C12H12FNOS. The van der Waals surface area contributed by atoms with Crippen LogP contribution in [0.4, 0.5) is 4.39 Å². The van der Waals surface area contributed by atoms with Crippen LogP contribution in [0.1, 0.15) is 22.1 Å². The van der Waals surface area contributed by atoms with E-state index >= 15 is 0 Å². The number of aromatic nitrogens is 1. The summed E-state index contributed by atoms with van der Waals surface area (Å²) in [6.07, 6.45) is 1.67. The van der Waals surface area contributed by atoms with E-state index in [0.717, 1.165) is 16.0 Å². The third-order valence-corrected chi connectivity index (χ3v) is 3.27. The van der Waals surface area contributed by atoms with E-state index in [9.17, 15) is 9.50 Å². The summed E-state index contributed by atoms with van der Waals surface area (Å²) in [7, 11) is 0. The minimum Gasteiger partial charge on any atom is -0.388 e. The molecule has 1 atom stereocenters. The van der Waals surface area contributed by atoms with E-state index in [1.54, 1.807) is 24.7 Å². The smallest absolute Gasteiger partial charge is 0.123 e. The first-order chi connectivity index (χ1) is 7.66. The maximum Gasteiger partial charge on any atom is 0.123 e. The van der Waals surface area contributed by atoms with Crippen molar-refractivity contribution in [3.8, 4) is 0 Å². The highest BCUT2D eigenvalue weighted by Gasteiger charge is 2.12. The van der Waals surface area contributed by atoms with Crippen molar-refractivity contribution in [3.05, 3.63) is 51.7 Å². The fourth-order valence-corrected chi connectivity index (χ4v) is 2.29. The van der Waals surface area contributed by atoms with Gasteiger partial charge in [-0.3, -0.25) is 4.98 Å². The largest absolute Gasteiger partial charge is 0.388 e. The molecule has 4 heteroatoms. The second kappa shape index (κ2) is 4.72. The van der Waals surface area contributed by atoms with Crippen molar-refractivity contribution in [1.29, 1.82) is 0 Å². The highest BCUT2D eigenvalue weighted by atomic mass is 32.1. The molecule has 1 heterocycles. The van der Waals surface area contributed by atoms with Crippen molar-refractivity contribution in [2.75, 3.05) is 0 Å². The van der Waals surface area contributed by atoms with Gasteiger partial charge in [0.2, 0.25) is 0 Å². The van der Waals surface area contributed by atoms with Crippen LogP contribution >= 0.6 is 11.3 Å². The van der Waals surface area contributed by atoms with E-state index in [0.29, 0.717) is 6.42 Å². The highest BCUT2D eigenvalue weighted by molar-refractivity contribution is 7.09. The predicted molar refractivity (Wildman–Crippen MR) is 61.9 cm³/mol. The van der Waals surface area contributed by atoms with Crippen LogP contribution in [-0.4, -0.2) is 10.1 Å². The molecule has 0 aliphatic heterocycles. The van der Waals surface area contributed by atoms with E-state index < -0.39 is 6.10 Å². The molecule has 0 aliphatic rings. The molecule has 0 saturated heterocycles. The zero-order valence-electron chi connectivity index (χ0n) is 8.85. The summed E-state index contributed by atoms with van der Waals surface area (Å²) < 4.78 is 12.9. The van der Waals surface area contributed by atoms with Crippen LogP contribution in [0.15, 0.2) is 29.9 Å². The Hall–Kier alpha value is -1.26. The zero-order valence-corrected chi connectivity index (χ0v) is 9.67. The summed E-state index contributed by atoms with van der Waals surface area (Å²) in [6.45, 7) is 1.80. The lowest BCUT2D eigenvalue weighted by molar-refractivity contribution is 0.178. The molecule has 1 unspecified atom stereocenters. The van der Waals surface area contributed by atoms with E-state index in [1.807, 2.05) is 0 Å². The number of hydrogen-bond donors (Lipinski definition) is 1. The SMILES string of the molecule is Cc1cc(F)ccc1C(O)Cc1cncs1. The first kappa shape index (κ1) is 11.2. The number of aliphatic hydroxyl groups excluding tert-OH is 1. The monoisotopic (exact) mass is 237 g/mol. The molecular weight excluding hydrogens is 225 g/mol. The van der Waals surface area contributed by atoms with Gasteiger partial charge in [0, 0.05) is 17.5 Å². The fourth-order valence-electron chi connectivity index (χ4n) is 1.66. The average molecular weight is 237 g/mol. The molecule has 0 spiro atoms. The first-order valence-electron chi connectivity index (χ1n) is 4.98. The van der Waals surface area contributed by atoms with Crippen LogP contribution < -0.4 is 0 Å². The van der Waals surface area contributed by atoms with Gasteiger partial charge >= 0.3 is 0 Å². The van der Waals surface area contributed by atoms with Gasteiger partial charge in [-0.15, -0.1) is 11.3 Å². The highest BCUT2D eigenvalue weighted by Crippen LogP contribution is 2.23. The van der Waals surface area contributed by atoms with Gasteiger partial charge in [0.05, 0.1) is 11.6 Å². The molecule has 0 fully saturated rings. The van der Waals surface area contributed by atoms with Crippen LogP contribution in [-0.2, 0) is 6.42 Å². The van der Waals surface area contributed by atoms with Crippen molar-refractivity contribution in [3.63, 3.8) is 0 Å². The second-order valence-corrected chi connectivity index (χ2v) is 4.66. The standard InChI is InChI=1S/C12H12FNOS/c1-8-4-9(13)2-3-11(8)12(15)5-10-6-14-7-16-10/h2-4,6-7,12,15H,5H2,1H3. The van der Waals surface area contributed by atoms with Gasteiger partial charge in [0.25, 0.3) is 0 Å². The second-order valence-electron chi connectivity index (χ2n) is 3.69. The Kier molecular flexibility index (Phi) is 3.31. The van der Waals surface area contributed by atoms with Gasteiger partial charge in [0.15, 0.2) is 0 Å². The number of halogens is 1. The zero-order chi connectivity index (χ0) is 11.5. The van der Waals surface area contributed by atoms with Crippen molar-refractivity contribution in [2.24, 2.45) is 0 Å². The van der Waals surface area contributed by atoms with Gasteiger partial charge in [-0.1, -0.05) is 6.07 Å². The van der Waals surface area contributed by atoms with Crippen molar-refractivity contribution in [2.45, 2.75) is 19.4 Å². The lowest BCUT2D eigenvalue weighted by Gasteiger charge is -2.12. The topological polar surface area (TPSA) is 33.1 Å². The molecule has 0 saturated carbocycles. The summed E-state index contributed by atoms with van der Waals surface area (Å²) in [5.41, 5.74) is 3.28. The number of aliphatic hydroxyl groups is 1. The molecule has 0 amide bonds. The van der Waals surface area contributed by atoms with Crippen molar-refractivity contribution in [1.82, 2.24) is 4.98 Å². The summed E-state index contributed by atoms with van der Waals surface area (Å²) in [5.74, 6) is -0.272. The Morgan fingerprint density at radius 2 is 2.31 bits per heavy atom. The Morgan fingerprint density at radius 1 is 1.50 bits per heavy atom. The fraction of sp³-hybridized carbons (Fsp3) is 0.250. The number of hydrogen-bond acceptors (Lipinski definition) is 3. The normalized spacial score (nSPS) is 12.7. The summed E-state index contributed by atoms with van der Waals surface area (Å²) >= 11 is 1.51. The third-order valence-electron chi connectivity index (χ3n) is 2.47. The first-order valence-corrected chi connectivity index (χ1v) is 5.86. The molecule has 1 aromatic heterocycles. The van der Waals surface area contributed by atoms with E-state index in [2.05, 4.69) is 4.98 Å². The molecule has 0 aliphatic carbocycles. The molecule has 2 aromatic rings. The third kappa shape index (κ3) is 2.46. The molecule has 2 rings (SSSR count). The average Bonchev–Trinajstić information content (AvgIpc) is 2.70. The van der Waals surface area contributed by atoms with Crippen LogP contribution in [0.2, 0.25) is 0 Å². The maximum absolute atomic E-state index is 12.9. The lowest BCUT2D eigenvalue weighted by atomic mass is 10.0. The minimum absolute atomic E-state index is 0.272. The quantitative estimate of drug-likeness (QED) is 0.890. The van der Waals surface area contributed by atoms with E-state index in [-0.39, 0.29) is 5.82 Å². The van der Waals surface area contributed by atoms with E-state index in [1.165, 1.54) is 23.5 Å². The van der Waals surface area contributed by atoms with Gasteiger partial charge < -0.3 is 5.11 Å². The van der Waals surface area contributed by atoms with Crippen molar-refractivity contribution >= 4 is 11.3 Å². The van der Waals surface area contributed by atoms with Crippen LogP contribution in [0.25, 0.3) is 0 Å². The lowest BCUT2D eigenvalue weighted by Crippen LogP contribution is -2.03. The van der Waals surface area contributed by atoms with Gasteiger partial charge in [0.1, 0.15) is 5.82 Å². The number of rotatable bonds is 3. The summed E-state index contributed by atoms with van der Waals surface area (Å²) in [6, 6.07) is 4.44. The van der Waals surface area contributed by atoms with Crippen LogP contribution in [0.3, 0.4) is 0 Å². The summed E-state index contributed by atoms with van der Waals surface area (Å²) in [4.78, 5) is 4.98. The van der Waals surface area contributed by atoms with Gasteiger partial charge in [-0.25, -0.2) is 4.39 Å². The molecule has 0 radical (unpaired) electrons. The van der Waals surface area contributed by atoms with Crippen molar-refractivity contribution < 1.29 is 9.50 Å². The molecule has 84 valence electrons. The number of thiazole rings is 1. The Balaban J connectivity index is 2.17. The Morgan fingerprint density at radius 3 is 2.94 bits per heavy atom. The predicted octanol–water partition coefficient (Wildman–Crippen LogP) is 2.87. The van der Waals surface area contributed by atoms with Crippen LogP contribution in [0.5, 0.6) is 0 Å². The number of aryl methyl sites for hydroxylation is 1. The maximum atomic E-state index is 12.9. The number of nitrogens with zero attached hydrogens (tertiary/aromatic N) is 1. The van der Waals surface area contributed by atoms with E-state index in [4.69, 9.17) is 0 Å². The summed E-state index contributed by atoms with van der Waals surface area (Å²) in [5, 5.41) is 10.0. The van der Waals surface area contributed by atoms with Gasteiger partial charge in [-0.2, -0.15) is 0 Å². The molecule has 1 aromatic carbocycles. The molecule has 2 nitrogen and oxygen atoms in total. The van der Waals surface area contributed by atoms with Gasteiger partial charge in [-0.05, 0) is 30.2 Å². The Bertz CT molecular complexity index is 470. The molecule has 1 N–H and O–H groups in total. The van der Waals surface area contributed by atoms with Crippen LogP contribution in [0, 0.1) is 12.7 Å².